The van der Waals surface area contributed by atoms with Crippen molar-refractivity contribution in [1.82, 2.24) is 0 Å². The summed E-state index contributed by atoms with van der Waals surface area (Å²) in [6.07, 6.45) is 3.57. The monoisotopic (exact) mass is 188 g/mol. The molecule has 0 atom stereocenters. The Morgan fingerprint density at radius 2 is 1.93 bits per heavy atom. The SMILES string of the molecule is CC/C(=C/C(C)=O)Cc1ccccc1. The maximum atomic E-state index is 10.9. The second-order valence-electron chi connectivity index (χ2n) is 3.43. The van der Waals surface area contributed by atoms with E-state index in [1.165, 1.54) is 11.1 Å². The molecular formula is C13H16O. The number of allylic oxidation sites excluding steroid dienone is 2. The number of carbonyl (C=O) groups is 1. The van der Waals surface area contributed by atoms with Gasteiger partial charge in [0.25, 0.3) is 0 Å². The van der Waals surface area contributed by atoms with Gasteiger partial charge in [-0.1, -0.05) is 42.8 Å². The lowest BCUT2D eigenvalue weighted by atomic mass is 10.0. The zero-order chi connectivity index (χ0) is 10.4. The second kappa shape index (κ2) is 5.38. The van der Waals surface area contributed by atoms with Crippen LogP contribution in [0.2, 0.25) is 0 Å². The van der Waals surface area contributed by atoms with Gasteiger partial charge in [-0.25, -0.2) is 0 Å². The molecule has 0 aliphatic heterocycles. The van der Waals surface area contributed by atoms with Gasteiger partial charge >= 0.3 is 0 Å². The molecule has 1 heteroatoms. The van der Waals surface area contributed by atoms with Crippen molar-refractivity contribution in [2.24, 2.45) is 0 Å². The van der Waals surface area contributed by atoms with E-state index in [9.17, 15) is 4.79 Å². The summed E-state index contributed by atoms with van der Waals surface area (Å²) in [5.41, 5.74) is 2.46. The van der Waals surface area contributed by atoms with Gasteiger partial charge in [-0.2, -0.15) is 0 Å². The van der Waals surface area contributed by atoms with Crippen LogP contribution in [0.25, 0.3) is 0 Å². The van der Waals surface area contributed by atoms with Crippen molar-refractivity contribution < 1.29 is 4.79 Å². The summed E-state index contributed by atoms with van der Waals surface area (Å²) in [4.78, 5) is 10.9. The summed E-state index contributed by atoms with van der Waals surface area (Å²) in [5, 5.41) is 0. The van der Waals surface area contributed by atoms with Crippen LogP contribution < -0.4 is 0 Å². The van der Waals surface area contributed by atoms with E-state index in [0.717, 1.165) is 12.8 Å². The molecule has 0 aliphatic carbocycles. The Balaban J connectivity index is 2.71. The first-order valence-corrected chi connectivity index (χ1v) is 4.96. The normalized spacial score (nSPS) is 11.4. The fourth-order valence-electron chi connectivity index (χ4n) is 1.42. The lowest BCUT2D eigenvalue weighted by Crippen LogP contribution is -1.93. The summed E-state index contributed by atoms with van der Waals surface area (Å²) >= 11 is 0. The van der Waals surface area contributed by atoms with Gasteiger partial charge in [-0.15, -0.1) is 0 Å². The molecule has 0 bridgehead atoms. The van der Waals surface area contributed by atoms with Gasteiger partial charge in [0.15, 0.2) is 5.78 Å². The van der Waals surface area contributed by atoms with E-state index in [-0.39, 0.29) is 5.78 Å². The first kappa shape index (κ1) is 10.7. The topological polar surface area (TPSA) is 17.1 Å². The van der Waals surface area contributed by atoms with Crippen molar-refractivity contribution in [3.63, 3.8) is 0 Å². The third-order valence-electron chi connectivity index (χ3n) is 2.14. The predicted molar refractivity (Wildman–Crippen MR) is 59.2 cm³/mol. The molecular weight excluding hydrogens is 172 g/mol. The maximum Gasteiger partial charge on any atom is 0.152 e. The predicted octanol–water partition coefficient (Wildman–Crippen LogP) is 3.15. The zero-order valence-electron chi connectivity index (χ0n) is 8.79. The van der Waals surface area contributed by atoms with E-state index in [1.54, 1.807) is 13.0 Å². The van der Waals surface area contributed by atoms with Crippen LogP contribution in [-0.2, 0) is 11.2 Å². The van der Waals surface area contributed by atoms with Gasteiger partial charge in [0.2, 0.25) is 0 Å². The van der Waals surface area contributed by atoms with Crippen LogP contribution in [0.5, 0.6) is 0 Å². The lowest BCUT2D eigenvalue weighted by molar-refractivity contribution is -0.112. The lowest BCUT2D eigenvalue weighted by Gasteiger charge is -2.03. The highest BCUT2D eigenvalue weighted by Crippen LogP contribution is 2.10. The van der Waals surface area contributed by atoms with Crippen LogP contribution in [0.15, 0.2) is 42.0 Å². The minimum atomic E-state index is 0.137. The number of benzene rings is 1. The highest BCUT2D eigenvalue weighted by atomic mass is 16.1. The molecule has 0 saturated carbocycles. The van der Waals surface area contributed by atoms with Gasteiger partial charge in [0, 0.05) is 0 Å². The highest BCUT2D eigenvalue weighted by molar-refractivity contribution is 5.88. The van der Waals surface area contributed by atoms with Crippen molar-refractivity contribution in [3.05, 3.63) is 47.5 Å². The third-order valence-corrected chi connectivity index (χ3v) is 2.14. The van der Waals surface area contributed by atoms with E-state index in [4.69, 9.17) is 0 Å². The van der Waals surface area contributed by atoms with Crippen molar-refractivity contribution in [1.29, 1.82) is 0 Å². The Labute approximate surface area is 85.5 Å². The second-order valence-corrected chi connectivity index (χ2v) is 3.43. The fourth-order valence-corrected chi connectivity index (χ4v) is 1.42. The molecule has 0 N–H and O–H groups in total. The van der Waals surface area contributed by atoms with Crippen LogP contribution in [0.3, 0.4) is 0 Å². The molecule has 74 valence electrons. The Morgan fingerprint density at radius 1 is 1.29 bits per heavy atom. The van der Waals surface area contributed by atoms with E-state index in [2.05, 4.69) is 19.1 Å². The van der Waals surface area contributed by atoms with Crippen molar-refractivity contribution >= 4 is 5.78 Å². The molecule has 1 rings (SSSR count). The molecule has 0 heterocycles. The van der Waals surface area contributed by atoms with Crippen LogP contribution in [-0.4, -0.2) is 5.78 Å². The standard InChI is InChI=1S/C13H16O/c1-3-12(9-11(2)14)10-13-7-5-4-6-8-13/h4-9H,3,10H2,1-2H3/b12-9-. The van der Waals surface area contributed by atoms with E-state index in [1.807, 2.05) is 18.2 Å². The van der Waals surface area contributed by atoms with Crippen molar-refractivity contribution in [3.8, 4) is 0 Å². The summed E-state index contributed by atoms with van der Waals surface area (Å²) in [7, 11) is 0. The van der Waals surface area contributed by atoms with Crippen LogP contribution in [0.1, 0.15) is 25.8 Å². The van der Waals surface area contributed by atoms with Gasteiger partial charge in [0.1, 0.15) is 0 Å². The number of hydrogen-bond acceptors (Lipinski definition) is 1. The first-order valence-electron chi connectivity index (χ1n) is 4.96. The molecule has 0 saturated heterocycles. The number of carbonyl (C=O) groups excluding carboxylic acids is 1. The van der Waals surface area contributed by atoms with E-state index in [0.29, 0.717) is 0 Å². The minimum Gasteiger partial charge on any atom is -0.295 e. The number of ketones is 1. The van der Waals surface area contributed by atoms with E-state index < -0.39 is 0 Å². The maximum absolute atomic E-state index is 10.9. The van der Waals surface area contributed by atoms with Crippen molar-refractivity contribution in [2.45, 2.75) is 26.7 Å². The molecule has 0 fully saturated rings. The molecule has 0 aliphatic rings. The zero-order valence-corrected chi connectivity index (χ0v) is 8.79. The van der Waals surface area contributed by atoms with Gasteiger partial charge in [0.05, 0.1) is 0 Å². The molecule has 1 nitrogen and oxygen atoms in total. The largest absolute Gasteiger partial charge is 0.295 e. The van der Waals surface area contributed by atoms with Crippen LogP contribution in [0, 0.1) is 0 Å². The summed E-state index contributed by atoms with van der Waals surface area (Å²) < 4.78 is 0. The summed E-state index contributed by atoms with van der Waals surface area (Å²) in [6, 6.07) is 10.2. The Hall–Kier alpha value is -1.37. The average molecular weight is 188 g/mol. The smallest absolute Gasteiger partial charge is 0.152 e. The Kier molecular flexibility index (Phi) is 4.11. The molecule has 1 aromatic rings. The summed E-state index contributed by atoms with van der Waals surface area (Å²) in [6.45, 7) is 3.68. The quantitative estimate of drug-likeness (QED) is 0.663. The van der Waals surface area contributed by atoms with E-state index >= 15 is 0 Å². The molecule has 0 spiro atoms. The minimum absolute atomic E-state index is 0.137. The fraction of sp³-hybridized carbons (Fsp3) is 0.308. The molecule has 14 heavy (non-hydrogen) atoms. The average Bonchev–Trinajstić information content (AvgIpc) is 2.17. The molecule has 0 aromatic heterocycles. The van der Waals surface area contributed by atoms with Gasteiger partial charge in [-0.3, -0.25) is 4.79 Å². The van der Waals surface area contributed by atoms with Crippen LogP contribution in [0.4, 0.5) is 0 Å². The van der Waals surface area contributed by atoms with Crippen molar-refractivity contribution in [2.75, 3.05) is 0 Å². The summed E-state index contributed by atoms with van der Waals surface area (Å²) in [5.74, 6) is 0.137. The molecule has 0 amide bonds. The highest BCUT2D eigenvalue weighted by Gasteiger charge is 1.98. The Morgan fingerprint density at radius 3 is 2.43 bits per heavy atom. The van der Waals surface area contributed by atoms with Crippen LogP contribution >= 0.6 is 0 Å². The number of hydrogen-bond donors (Lipinski definition) is 0. The molecule has 0 radical (unpaired) electrons. The number of rotatable bonds is 4. The third kappa shape index (κ3) is 3.56. The van der Waals surface area contributed by atoms with Gasteiger partial charge < -0.3 is 0 Å². The first-order chi connectivity index (χ1) is 6.72. The molecule has 1 aromatic carbocycles. The van der Waals surface area contributed by atoms with Gasteiger partial charge in [-0.05, 0) is 31.4 Å². The molecule has 0 unspecified atom stereocenters. The Bertz CT molecular complexity index is 322.